The molecule has 2 aromatic carbocycles. The van der Waals surface area contributed by atoms with Gasteiger partial charge in [0.05, 0.1) is 18.4 Å². The Balaban J connectivity index is 2.54. The lowest BCUT2D eigenvalue weighted by molar-refractivity contribution is 0.0600. The first kappa shape index (κ1) is 19.8. The molecule has 7 heteroatoms. The number of ether oxygens (including phenoxy) is 1. The van der Waals surface area contributed by atoms with Crippen LogP contribution in [-0.2, 0) is 14.8 Å². The van der Waals surface area contributed by atoms with Crippen molar-refractivity contribution in [1.82, 2.24) is 0 Å². The number of sulfonamides is 1. The summed E-state index contributed by atoms with van der Waals surface area (Å²) in [7, 11) is -2.62. The molecular weight excluding hydrogens is 352 g/mol. The average Bonchev–Trinajstić information content (AvgIpc) is 2.64. The van der Waals surface area contributed by atoms with Crippen LogP contribution in [-0.4, -0.2) is 34.6 Å². The summed E-state index contributed by atoms with van der Waals surface area (Å²) in [6.45, 7) is 7.10. The minimum absolute atomic E-state index is 0.0460. The number of aryl methyl sites for hydroxylation is 1. The van der Waals surface area contributed by atoms with Crippen LogP contribution in [0.3, 0.4) is 0 Å². The highest BCUT2D eigenvalue weighted by Crippen LogP contribution is 2.28. The number of carbonyl (C=O) groups is 1. The molecule has 2 rings (SSSR count). The minimum Gasteiger partial charge on any atom is -0.465 e. The molecule has 0 bridgehead atoms. The van der Waals surface area contributed by atoms with Crippen LogP contribution in [0.1, 0.15) is 29.8 Å². The topological polar surface area (TPSA) is 75.7 Å². The zero-order valence-electron chi connectivity index (χ0n) is 15.4. The van der Waals surface area contributed by atoms with Crippen molar-refractivity contribution in [1.29, 1.82) is 0 Å². The summed E-state index contributed by atoms with van der Waals surface area (Å²) in [4.78, 5) is 13.8. The maximum atomic E-state index is 13.0. The van der Waals surface area contributed by atoms with Crippen LogP contribution in [0.2, 0.25) is 0 Å². The summed E-state index contributed by atoms with van der Waals surface area (Å²) in [5, 5.41) is 0. The van der Waals surface area contributed by atoms with Crippen molar-refractivity contribution in [2.24, 2.45) is 0 Å². The molecule has 0 amide bonds. The molecule has 0 saturated carbocycles. The standard InChI is InChI=1S/C19H24N2O4S/c1-5-21(6-2)17-12-9-15(19(22)25-4)13-18(17)26(23,24)20-16-10-7-14(3)8-11-16/h7-13,20H,5-6H2,1-4H3. The number of methoxy groups -OCH3 is 1. The lowest BCUT2D eigenvalue weighted by atomic mass is 10.2. The van der Waals surface area contributed by atoms with E-state index in [2.05, 4.69) is 4.72 Å². The molecule has 0 radical (unpaired) electrons. The van der Waals surface area contributed by atoms with E-state index in [-0.39, 0.29) is 10.5 Å². The fourth-order valence-corrected chi connectivity index (χ4v) is 3.94. The van der Waals surface area contributed by atoms with E-state index >= 15 is 0 Å². The van der Waals surface area contributed by atoms with Gasteiger partial charge in [-0.05, 0) is 51.1 Å². The normalized spacial score (nSPS) is 11.1. The molecule has 0 spiro atoms. The van der Waals surface area contributed by atoms with Crippen LogP contribution >= 0.6 is 0 Å². The number of anilines is 2. The monoisotopic (exact) mass is 376 g/mol. The molecule has 2 aromatic rings. The average molecular weight is 376 g/mol. The Morgan fingerprint density at radius 2 is 1.69 bits per heavy atom. The Morgan fingerprint density at radius 3 is 2.23 bits per heavy atom. The number of nitrogens with one attached hydrogen (secondary N) is 1. The lowest BCUT2D eigenvalue weighted by Crippen LogP contribution is -2.26. The second-order valence-corrected chi connectivity index (χ2v) is 7.47. The van der Waals surface area contributed by atoms with E-state index in [4.69, 9.17) is 4.74 Å². The van der Waals surface area contributed by atoms with Gasteiger partial charge in [0.25, 0.3) is 10.0 Å². The molecular formula is C19H24N2O4S. The Morgan fingerprint density at radius 1 is 1.08 bits per heavy atom. The van der Waals surface area contributed by atoms with Crippen molar-refractivity contribution in [3.63, 3.8) is 0 Å². The molecule has 140 valence electrons. The Labute approximate surface area is 154 Å². The highest BCUT2D eigenvalue weighted by molar-refractivity contribution is 7.92. The third kappa shape index (κ3) is 4.35. The summed E-state index contributed by atoms with van der Waals surface area (Å²) < 4.78 is 33.3. The van der Waals surface area contributed by atoms with Gasteiger partial charge in [-0.2, -0.15) is 0 Å². The third-order valence-corrected chi connectivity index (χ3v) is 5.49. The highest BCUT2D eigenvalue weighted by Gasteiger charge is 2.23. The van der Waals surface area contributed by atoms with Gasteiger partial charge in [0, 0.05) is 18.8 Å². The second kappa shape index (κ2) is 8.23. The summed E-state index contributed by atoms with van der Waals surface area (Å²) in [6.07, 6.45) is 0. The van der Waals surface area contributed by atoms with Gasteiger partial charge in [-0.25, -0.2) is 13.2 Å². The van der Waals surface area contributed by atoms with Crippen LogP contribution in [0.15, 0.2) is 47.4 Å². The first-order valence-corrected chi connectivity index (χ1v) is 9.87. The number of esters is 1. The van der Waals surface area contributed by atoms with Crippen molar-refractivity contribution in [3.05, 3.63) is 53.6 Å². The zero-order chi connectivity index (χ0) is 19.3. The summed E-state index contributed by atoms with van der Waals surface area (Å²) >= 11 is 0. The number of nitrogens with zero attached hydrogens (tertiary/aromatic N) is 1. The lowest BCUT2D eigenvalue weighted by Gasteiger charge is -2.24. The molecule has 0 atom stereocenters. The zero-order valence-corrected chi connectivity index (χ0v) is 16.3. The van der Waals surface area contributed by atoms with Crippen molar-refractivity contribution in [2.75, 3.05) is 29.8 Å². The number of hydrogen-bond donors (Lipinski definition) is 1. The van der Waals surface area contributed by atoms with Crippen LogP contribution in [0, 0.1) is 6.92 Å². The van der Waals surface area contributed by atoms with Gasteiger partial charge in [0.2, 0.25) is 0 Å². The fraction of sp³-hybridized carbons (Fsp3) is 0.316. The Hall–Kier alpha value is -2.54. The molecule has 0 aliphatic rings. The van der Waals surface area contributed by atoms with Gasteiger partial charge in [-0.15, -0.1) is 0 Å². The van der Waals surface area contributed by atoms with Crippen molar-refractivity contribution < 1.29 is 17.9 Å². The fourth-order valence-electron chi connectivity index (χ4n) is 2.63. The summed E-state index contributed by atoms with van der Waals surface area (Å²) in [6, 6.07) is 11.6. The predicted octanol–water partition coefficient (Wildman–Crippen LogP) is 3.43. The van der Waals surface area contributed by atoms with Crippen LogP contribution in [0.5, 0.6) is 0 Å². The van der Waals surface area contributed by atoms with Gasteiger partial charge in [0.1, 0.15) is 4.90 Å². The third-order valence-electron chi connectivity index (χ3n) is 4.08. The number of carbonyl (C=O) groups excluding carboxylic acids is 1. The molecule has 0 fully saturated rings. The number of rotatable bonds is 7. The Kier molecular flexibility index (Phi) is 6.26. The van der Waals surface area contributed by atoms with Crippen molar-refractivity contribution in [2.45, 2.75) is 25.7 Å². The van der Waals surface area contributed by atoms with E-state index in [1.807, 2.05) is 37.8 Å². The van der Waals surface area contributed by atoms with E-state index in [0.717, 1.165) is 5.56 Å². The first-order chi connectivity index (χ1) is 12.3. The molecule has 0 aliphatic carbocycles. The summed E-state index contributed by atoms with van der Waals surface area (Å²) in [5.41, 5.74) is 2.23. The maximum absolute atomic E-state index is 13.0. The molecule has 0 unspecified atom stereocenters. The minimum atomic E-state index is -3.89. The quantitative estimate of drug-likeness (QED) is 0.749. The molecule has 6 nitrogen and oxygen atoms in total. The van der Waals surface area contributed by atoms with Gasteiger partial charge >= 0.3 is 5.97 Å². The van der Waals surface area contributed by atoms with Crippen molar-refractivity contribution >= 4 is 27.4 Å². The van der Waals surface area contributed by atoms with Gasteiger partial charge in [0.15, 0.2) is 0 Å². The molecule has 26 heavy (non-hydrogen) atoms. The smallest absolute Gasteiger partial charge is 0.337 e. The van der Waals surface area contributed by atoms with Crippen LogP contribution < -0.4 is 9.62 Å². The predicted molar refractivity (Wildman–Crippen MR) is 103 cm³/mol. The van der Waals surface area contributed by atoms with E-state index in [0.29, 0.717) is 24.5 Å². The van der Waals surface area contributed by atoms with E-state index in [1.165, 1.54) is 13.2 Å². The van der Waals surface area contributed by atoms with E-state index in [9.17, 15) is 13.2 Å². The number of hydrogen-bond acceptors (Lipinski definition) is 5. The summed E-state index contributed by atoms with van der Waals surface area (Å²) in [5.74, 6) is -0.581. The van der Waals surface area contributed by atoms with Crippen molar-refractivity contribution in [3.8, 4) is 0 Å². The maximum Gasteiger partial charge on any atom is 0.337 e. The molecule has 0 saturated heterocycles. The van der Waals surface area contributed by atoms with Gasteiger partial charge in [-0.3, -0.25) is 4.72 Å². The SMILES string of the molecule is CCN(CC)c1ccc(C(=O)OC)cc1S(=O)(=O)Nc1ccc(C)cc1. The van der Waals surface area contributed by atoms with Gasteiger partial charge in [-0.1, -0.05) is 17.7 Å². The van der Waals surface area contributed by atoms with E-state index in [1.54, 1.807) is 24.3 Å². The number of benzene rings is 2. The molecule has 0 heterocycles. The second-order valence-electron chi connectivity index (χ2n) is 5.82. The largest absolute Gasteiger partial charge is 0.465 e. The molecule has 0 aromatic heterocycles. The molecule has 0 aliphatic heterocycles. The Bertz CT molecular complexity index is 873. The molecule has 1 N–H and O–H groups in total. The van der Waals surface area contributed by atoms with E-state index < -0.39 is 16.0 Å². The van der Waals surface area contributed by atoms with Crippen LogP contribution in [0.25, 0.3) is 0 Å². The first-order valence-electron chi connectivity index (χ1n) is 8.39. The van der Waals surface area contributed by atoms with Crippen LogP contribution in [0.4, 0.5) is 11.4 Å². The van der Waals surface area contributed by atoms with Gasteiger partial charge < -0.3 is 9.64 Å². The highest BCUT2D eigenvalue weighted by atomic mass is 32.2.